The van der Waals surface area contributed by atoms with Crippen molar-refractivity contribution in [3.8, 4) is 0 Å². The molecule has 0 bridgehead atoms. The molecule has 0 aliphatic carbocycles. The molecule has 3 rings (SSSR count). The number of likely N-dealkylation sites (tertiary alicyclic amines) is 1. The smallest absolute Gasteiger partial charge is 0.185 e. The zero-order valence-corrected chi connectivity index (χ0v) is 13.6. The van der Waals surface area contributed by atoms with E-state index in [1.165, 1.54) is 43.2 Å². The fraction of sp³-hybridized carbons (Fsp3) is 0.800. The van der Waals surface area contributed by atoms with E-state index in [4.69, 9.17) is 4.98 Å². The van der Waals surface area contributed by atoms with E-state index in [9.17, 15) is 0 Å². The Morgan fingerprint density at radius 1 is 1.40 bits per heavy atom. The van der Waals surface area contributed by atoms with Gasteiger partial charge in [0.15, 0.2) is 5.13 Å². The highest BCUT2D eigenvalue weighted by Gasteiger charge is 2.34. The number of hydrogen-bond donors (Lipinski definition) is 1. The minimum Gasteiger partial charge on any atom is -0.348 e. The first-order valence-corrected chi connectivity index (χ1v) is 8.65. The van der Waals surface area contributed by atoms with Gasteiger partial charge in [0.25, 0.3) is 0 Å². The van der Waals surface area contributed by atoms with Crippen LogP contribution >= 0.6 is 11.3 Å². The summed E-state index contributed by atoms with van der Waals surface area (Å²) < 4.78 is 0. The fourth-order valence-corrected chi connectivity index (χ4v) is 4.55. The van der Waals surface area contributed by atoms with Gasteiger partial charge in [-0.2, -0.15) is 0 Å². The van der Waals surface area contributed by atoms with Crippen molar-refractivity contribution in [3.05, 3.63) is 11.1 Å². The largest absolute Gasteiger partial charge is 0.348 e. The number of hydrogen-bond acceptors (Lipinski definition) is 5. The summed E-state index contributed by atoms with van der Waals surface area (Å²) in [6.07, 6.45) is 4.03. The number of thiazole rings is 1. The molecule has 2 aliphatic rings. The Kier molecular flexibility index (Phi) is 4.29. The first-order chi connectivity index (χ1) is 9.69. The van der Waals surface area contributed by atoms with Crippen molar-refractivity contribution in [1.29, 1.82) is 0 Å². The second-order valence-electron chi connectivity index (χ2n) is 6.25. The molecule has 0 spiro atoms. The van der Waals surface area contributed by atoms with Crippen LogP contribution in [0, 0.1) is 5.92 Å². The van der Waals surface area contributed by atoms with Crippen molar-refractivity contribution >= 4 is 16.5 Å². The molecule has 1 aromatic heterocycles. The van der Waals surface area contributed by atoms with Gasteiger partial charge in [-0.1, -0.05) is 0 Å². The first kappa shape index (κ1) is 14.3. The zero-order valence-electron chi connectivity index (χ0n) is 12.8. The number of aromatic nitrogens is 1. The Labute approximate surface area is 126 Å². The fourth-order valence-electron chi connectivity index (χ4n) is 3.59. The standard InChI is InChI=1S/C15H26N4S/c1-11(16-2)13-10-20-15(17-13)19-8-6-14-12(9-19)5-4-7-18(14)3/h10-12,14,16H,4-9H2,1-3H3. The van der Waals surface area contributed by atoms with Gasteiger partial charge in [-0.05, 0) is 52.7 Å². The van der Waals surface area contributed by atoms with Gasteiger partial charge >= 0.3 is 0 Å². The number of nitrogens with zero attached hydrogens (tertiary/aromatic N) is 3. The number of nitrogens with one attached hydrogen (secondary N) is 1. The average Bonchev–Trinajstić information content (AvgIpc) is 2.96. The normalized spacial score (nSPS) is 29.2. The van der Waals surface area contributed by atoms with Gasteiger partial charge < -0.3 is 15.1 Å². The van der Waals surface area contributed by atoms with E-state index in [2.05, 4.69) is 34.5 Å². The minimum absolute atomic E-state index is 0.346. The maximum absolute atomic E-state index is 4.83. The SMILES string of the molecule is CNC(C)c1csc(N2CCC3C(CCCN3C)C2)n1. The molecule has 5 heteroatoms. The van der Waals surface area contributed by atoms with Gasteiger partial charge in [0, 0.05) is 30.6 Å². The molecule has 1 aromatic rings. The topological polar surface area (TPSA) is 31.4 Å². The summed E-state index contributed by atoms with van der Waals surface area (Å²) >= 11 is 1.80. The number of piperidine rings is 2. The van der Waals surface area contributed by atoms with Crippen LogP contribution in [0.3, 0.4) is 0 Å². The van der Waals surface area contributed by atoms with Gasteiger partial charge in [-0.25, -0.2) is 4.98 Å². The Bertz CT molecular complexity index is 447. The summed E-state index contributed by atoms with van der Waals surface area (Å²) in [4.78, 5) is 9.91. The molecule has 1 N–H and O–H groups in total. The third-order valence-electron chi connectivity index (χ3n) is 5.00. The Morgan fingerprint density at radius 3 is 3.05 bits per heavy atom. The second kappa shape index (κ2) is 6.00. The van der Waals surface area contributed by atoms with Crippen LogP contribution in [0.1, 0.15) is 37.9 Å². The van der Waals surface area contributed by atoms with Crippen molar-refractivity contribution in [1.82, 2.24) is 15.2 Å². The summed E-state index contributed by atoms with van der Waals surface area (Å²) in [5.74, 6) is 0.830. The van der Waals surface area contributed by atoms with Crippen molar-refractivity contribution in [3.63, 3.8) is 0 Å². The Hall–Kier alpha value is -0.650. The number of rotatable bonds is 3. The highest BCUT2D eigenvalue weighted by atomic mass is 32.1. The number of fused-ring (bicyclic) bond motifs is 1. The van der Waals surface area contributed by atoms with Gasteiger partial charge in [-0.3, -0.25) is 0 Å². The van der Waals surface area contributed by atoms with Crippen LogP contribution in [0.4, 0.5) is 5.13 Å². The monoisotopic (exact) mass is 294 g/mol. The van der Waals surface area contributed by atoms with E-state index < -0.39 is 0 Å². The van der Waals surface area contributed by atoms with E-state index in [0.29, 0.717) is 6.04 Å². The Morgan fingerprint density at radius 2 is 2.25 bits per heavy atom. The zero-order chi connectivity index (χ0) is 14.1. The quantitative estimate of drug-likeness (QED) is 0.927. The maximum atomic E-state index is 4.83. The van der Waals surface area contributed by atoms with Crippen molar-refractivity contribution < 1.29 is 0 Å². The molecule has 20 heavy (non-hydrogen) atoms. The first-order valence-electron chi connectivity index (χ1n) is 7.77. The van der Waals surface area contributed by atoms with E-state index in [1.54, 1.807) is 11.3 Å². The van der Waals surface area contributed by atoms with Crippen LogP contribution < -0.4 is 10.2 Å². The lowest BCUT2D eigenvalue weighted by molar-refractivity contribution is 0.102. The lowest BCUT2D eigenvalue weighted by Gasteiger charge is -2.45. The van der Waals surface area contributed by atoms with Gasteiger partial charge in [-0.15, -0.1) is 11.3 Å². The molecule has 0 amide bonds. The molecule has 4 nitrogen and oxygen atoms in total. The van der Waals surface area contributed by atoms with Gasteiger partial charge in [0.2, 0.25) is 0 Å². The molecule has 3 atom stereocenters. The van der Waals surface area contributed by atoms with Crippen molar-refractivity contribution in [2.24, 2.45) is 5.92 Å². The highest BCUT2D eigenvalue weighted by molar-refractivity contribution is 7.13. The van der Waals surface area contributed by atoms with Crippen LogP contribution in [-0.4, -0.2) is 49.7 Å². The van der Waals surface area contributed by atoms with Crippen LogP contribution in [0.5, 0.6) is 0 Å². The molecule has 2 aliphatic heterocycles. The molecule has 2 fully saturated rings. The molecule has 0 aromatic carbocycles. The lowest BCUT2D eigenvalue weighted by atomic mass is 9.84. The van der Waals surface area contributed by atoms with E-state index in [-0.39, 0.29) is 0 Å². The van der Waals surface area contributed by atoms with Crippen LogP contribution in [0.2, 0.25) is 0 Å². The molecule has 0 radical (unpaired) electrons. The summed E-state index contributed by atoms with van der Waals surface area (Å²) in [5, 5.41) is 6.69. The van der Waals surface area contributed by atoms with E-state index in [1.807, 2.05) is 7.05 Å². The third-order valence-corrected chi connectivity index (χ3v) is 5.92. The summed E-state index contributed by atoms with van der Waals surface area (Å²) in [6, 6.07) is 1.15. The van der Waals surface area contributed by atoms with Gasteiger partial charge in [0.1, 0.15) is 0 Å². The lowest BCUT2D eigenvalue weighted by Crippen LogP contribution is -2.52. The highest BCUT2D eigenvalue weighted by Crippen LogP contribution is 2.33. The van der Waals surface area contributed by atoms with Crippen LogP contribution in [0.25, 0.3) is 0 Å². The average molecular weight is 294 g/mol. The predicted octanol–water partition coefficient (Wildman–Crippen LogP) is 2.34. The summed E-state index contributed by atoms with van der Waals surface area (Å²) in [6.45, 7) is 5.80. The predicted molar refractivity (Wildman–Crippen MR) is 85.6 cm³/mol. The molecular formula is C15H26N4S. The molecule has 112 valence electrons. The van der Waals surface area contributed by atoms with E-state index >= 15 is 0 Å². The maximum Gasteiger partial charge on any atom is 0.185 e. The third kappa shape index (κ3) is 2.71. The molecule has 0 saturated carbocycles. The minimum atomic E-state index is 0.346. The molecule has 2 saturated heterocycles. The van der Waals surface area contributed by atoms with Gasteiger partial charge in [0.05, 0.1) is 5.69 Å². The summed E-state index contributed by atoms with van der Waals surface area (Å²) in [5.41, 5.74) is 1.18. The van der Waals surface area contributed by atoms with E-state index in [0.717, 1.165) is 18.5 Å². The van der Waals surface area contributed by atoms with Crippen molar-refractivity contribution in [2.45, 2.75) is 38.3 Å². The Balaban J connectivity index is 1.68. The molecule has 3 heterocycles. The molecular weight excluding hydrogens is 268 g/mol. The number of anilines is 1. The van der Waals surface area contributed by atoms with Crippen molar-refractivity contribution in [2.75, 3.05) is 38.6 Å². The summed E-state index contributed by atoms with van der Waals surface area (Å²) in [7, 11) is 4.29. The second-order valence-corrected chi connectivity index (χ2v) is 7.09. The van der Waals surface area contributed by atoms with Crippen LogP contribution in [0.15, 0.2) is 5.38 Å². The van der Waals surface area contributed by atoms with Crippen LogP contribution in [-0.2, 0) is 0 Å². The molecule has 3 unspecified atom stereocenters.